The Kier molecular flexibility index (Phi) is 3.91. The molecule has 1 aliphatic heterocycles. The summed E-state index contributed by atoms with van der Waals surface area (Å²) in [5.41, 5.74) is 2.30. The molecule has 0 radical (unpaired) electrons. The van der Waals surface area contributed by atoms with Crippen molar-refractivity contribution in [3.8, 4) is 5.75 Å². The molecule has 1 amide bonds. The molecule has 2 aromatic rings. The number of amides is 1. The first-order valence-electron chi connectivity index (χ1n) is 7.23. The predicted molar refractivity (Wildman–Crippen MR) is 82.2 cm³/mol. The fourth-order valence-corrected chi connectivity index (χ4v) is 2.71. The smallest absolute Gasteiger partial charge is 0.223 e. The molecule has 2 aromatic carbocycles. The fraction of sp³-hybridized carbons (Fsp3) is 0.278. The SMILES string of the molecule is CN(Cc1ccccc1)C(=O)CC1COc2ccccc21. The van der Waals surface area contributed by atoms with E-state index >= 15 is 0 Å². The van der Waals surface area contributed by atoms with E-state index in [1.165, 1.54) is 0 Å². The van der Waals surface area contributed by atoms with Gasteiger partial charge in [0.05, 0.1) is 6.61 Å². The highest BCUT2D eigenvalue weighted by Crippen LogP contribution is 2.35. The van der Waals surface area contributed by atoms with Gasteiger partial charge in [-0.25, -0.2) is 0 Å². The van der Waals surface area contributed by atoms with Gasteiger partial charge in [-0.3, -0.25) is 4.79 Å². The number of benzene rings is 2. The number of ether oxygens (including phenoxy) is 1. The van der Waals surface area contributed by atoms with Crippen molar-refractivity contribution < 1.29 is 9.53 Å². The monoisotopic (exact) mass is 281 g/mol. The summed E-state index contributed by atoms with van der Waals surface area (Å²) in [4.78, 5) is 14.2. The standard InChI is InChI=1S/C18H19NO2/c1-19(12-14-7-3-2-4-8-14)18(20)11-15-13-21-17-10-6-5-9-16(15)17/h2-10,15H,11-13H2,1H3. The zero-order valence-electron chi connectivity index (χ0n) is 12.2. The van der Waals surface area contributed by atoms with Crippen LogP contribution in [-0.2, 0) is 11.3 Å². The van der Waals surface area contributed by atoms with Crippen LogP contribution in [0.3, 0.4) is 0 Å². The molecule has 0 fully saturated rings. The second kappa shape index (κ2) is 6.00. The summed E-state index contributed by atoms with van der Waals surface area (Å²) < 4.78 is 5.64. The maximum Gasteiger partial charge on any atom is 0.223 e. The minimum atomic E-state index is 0.157. The van der Waals surface area contributed by atoms with Crippen molar-refractivity contribution in [1.82, 2.24) is 4.90 Å². The molecule has 0 aromatic heterocycles. The van der Waals surface area contributed by atoms with Crippen molar-refractivity contribution in [2.24, 2.45) is 0 Å². The Balaban J connectivity index is 1.62. The molecule has 21 heavy (non-hydrogen) atoms. The maximum absolute atomic E-state index is 12.4. The molecule has 108 valence electrons. The van der Waals surface area contributed by atoms with Gasteiger partial charge in [0.1, 0.15) is 5.75 Å². The van der Waals surface area contributed by atoms with Gasteiger partial charge in [0.25, 0.3) is 0 Å². The average molecular weight is 281 g/mol. The number of fused-ring (bicyclic) bond motifs is 1. The lowest BCUT2D eigenvalue weighted by Crippen LogP contribution is -2.27. The third-order valence-electron chi connectivity index (χ3n) is 3.91. The van der Waals surface area contributed by atoms with Gasteiger partial charge in [0, 0.05) is 31.5 Å². The third kappa shape index (κ3) is 3.07. The number of rotatable bonds is 4. The zero-order chi connectivity index (χ0) is 14.7. The predicted octanol–water partition coefficient (Wildman–Crippen LogP) is 3.21. The number of nitrogens with zero attached hydrogens (tertiary/aromatic N) is 1. The van der Waals surface area contributed by atoms with Crippen molar-refractivity contribution in [3.05, 3.63) is 65.7 Å². The highest BCUT2D eigenvalue weighted by Gasteiger charge is 2.26. The maximum atomic E-state index is 12.4. The number of hydrogen-bond donors (Lipinski definition) is 0. The summed E-state index contributed by atoms with van der Waals surface area (Å²) >= 11 is 0. The summed E-state index contributed by atoms with van der Waals surface area (Å²) in [5.74, 6) is 1.25. The number of carbonyl (C=O) groups is 1. The van der Waals surface area contributed by atoms with Crippen LogP contribution in [0.2, 0.25) is 0 Å². The molecular formula is C18H19NO2. The van der Waals surface area contributed by atoms with Gasteiger partial charge in [-0.1, -0.05) is 48.5 Å². The van der Waals surface area contributed by atoms with Gasteiger partial charge in [0.2, 0.25) is 5.91 Å². The molecule has 1 aliphatic rings. The summed E-state index contributed by atoms with van der Waals surface area (Å²) in [7, 11) is 1.86. The molecule has 1 unspecified atom stereocenters. The quantitative estimate of drug-likeness (QED) is 0.861. The number of carbonyl (C=O) groups excluding carboxylic acids is 1. The van der Waals surface area contributed by atoms with Gasteiger partial charge in [-0.2, -0.15) is 0 Å². The molecule has 0 N–H and O–H groups in total. The highest BCUT2D eigenvalue weighted by atomic mass is 16.5. The molecule has 1 atom stereocenters. The van der Waals surface area contributed by atoms with Gasteiger partial charge in [-0.05, 0) is 11.6 Å². The van der Waals surface area contributed by atoms with Crippen molar-refractivity contribution in [2.45, 2.75) is 18.9 Å². The van der Waals surface area contributed by atoms with Crippen LogP contribution in [0.4, 0.5) is 0 Å². The van der Waals surface area contributed by atoms with Crippen LogP contribution >= 0.6 is 0 Å². The first-order chi connectivity index (χ1) is 10.2. The summed E-state index contributed by atoms with van der Waals surface area (Å²) in [5, 5.41) is 0. The second-order valence-electron chi connectivity index (χ2n) is 5.49. The number of para-hydroxylation sites is 1. The molecule has 3 heteroatoms. The molecule has 3 rings (SSSR count). The topological polar surface area (TPSA) is 29.5 Å². The van der Waals surface area contributed by atoms with Crippen LogP contribution in [0.1, 0.15) is 23.5 Å². The lowest BCUT2D eigenvalue weighted by molar-refractivity contribution is -0.130. The molecule has 0 spiro atoms. The minimum Gasteiger partial charge on any atom is -0.493 e. The van der Waals surface area contributed by atoms with Crippen molar-refractivity contribution in [3.63, 3.8) is 0 Å². The van der Waals surface area contributed by atoms with Gasteiger partial charge in [-0.15, -0.1) is 0 Å². The largest absolute Gasteiger partial charge is 0.493 e. The van der Waals surface area contributed by atoms with E-state index in [1.807, 2.05) is 55.6 Å². The van der Waals surface area contributed by atoms with E-state index in [0.29, 0.717) is 19.6 Å². The van der Waals surface area contributed by atoms with Gasteiger partial charge in [0.15, 0.2) is 0 Å². The Bertz CT molecular complexity index is 624. The highest BCUT2D eigenvalue weighted by molar-refractivity contribution is 5.77. The second-order valence-corrected chi connectivity index (χ2v) is 5.49. The Morgan fingerprint density at radius 3 is 2.67 bits per heavy atom. The summed E-state index contributed by atoms with van der Waals surface area (Å²) in [6.07, 6.45) is 0.500. The van der Waals surface area contributed by atoms with Crippen molar-refractivity contribution >= 4 is 5.91 Å². The van der Waals surface area contributed by atoms with Crippen molar-refractivity contribution in [2.75, 3.05) is 13.7 Å². The molecule has 1 heterocycles. The first-order valence-corrected chi connectivity index (χ1v) is 7.23. The van der Waals surface area contributed by atoms with E-state index < -0.39 is 0 Å². The molecule has 0 saturated carbocycles. The van der Waals surface area contributed by atoms with E-state index in [0.717, 1.165) is 16.9 Å². The molecule has 0 bridgehead atoms. The molecular weight excluding hydrogens is 262 g/mol. The van der Waals surface area contributed by atoms with Gasteiger partial charge < -0.3 is 9.64 Å². The third-order valence-corrected chi connectivity index (χ3v) is 3.91. The Hall–Kier alpha value is -2.29. The fourth-order valence-electron chi connectivity index (χ4n) is 2.71. The number of hydrogen-bond acceptors (Lipinski definition) is 2. The van der Waals surface area contributed by atoms with E-state index in [-0.39, 0.29) is 11.8 Å². The van der Waals surface area contributed by atoms with Crippen molar-refractivity contribution in [1.29, 1.82) is 0 Å². The van der Waals surface area contributed by atoms with Crippen LogP contribution < -0.4 is 4.74 Å². The minimum absolute atomic E-state index is 0.157. The van der Waals surface area contributed by atoms with Crippen LogP contribution in [-0.4, -0.2) is 24.5 Å². The molecule has 0 aliphatic carbocycles. The Labute approximate surface area is 125 Å². The van der Waals surface area contributed by atoms with E-state index in [4.69, 9.17) is 4.74 Å². The van der Waals surface area contributed by atoms with Crippen LogP contribution in [0.5, 0.6) is 5.75 Å². The molecule has 0 saturated heterocycles. The Morgan fingerprint density at radius 1 is 1.14 bits per heavy atom. The summed E-state index contributed by atoms with van der Waals surface area (Å²) in [6.45, 7) is 1.25. The van der Waals surface area contributed by atoms with E-state index in [9.17, 15) is 4.79 Å². The normalized spacial score (nSPS) is 16.1. The van der Waals surface area contributed by atoms with E-state index in [2.05, 4.69) is 6.07 Å². The van der Waals surface area contributed by atoms with Crippen LogP contribution in [0.15, 0.2) is 54.6 Å². The zero-order valence-corrected chi connectivity index (χ0v) is 12.2. The van der Waals surface area contributed by atoms with Crippen LogP contribution in [0, 0.1) is 0 Å². The lowest BCUT2D eigenvalue weighted by Gasteiger charge is -2.19. The van der Waals surface area contributed by atoms with Crippen LogP contribution in [0.25, 0.3) is 0 Å². The van der Waals surface area contributed by atoms with Gasteiger partial charge >= 0.3 is 0 Å². The Morgan fingerprint density at radius 2 is 1.86 bits per heavy atom. The average Bonchev–Trinajstić information content (AvgIpc) is 2.91. The lowest BCUT2D eigenvalue weighted by atomic mass is 9.97. The summed E-state index contributed by atoms with van der Waals surface area (Å²) in [6, 6.07) is 18.0. The van der Waals surface area contributed by atoms with E-state index in [1.54, 1.807) is 4.90 Å². The first kappa shape index (κ1) is 13.7. The molecule has 3 nitrogen and oxygen atoms in total.